The van der Waals surface area contributed by atoms with Crippen molar-refractivity contribution in [2.75, 3.05) is 13.7 Å². The molecule has 14 nitrogen and oxygen atoms in total. The molecule has 4 rings (SSSR count). The van der Waals surface area contributed by atoms with E-state index >= 15 is 0 Å². The molecule has 1 aromatic carbocycles. The van der Waals surface area contributed by atoms with Crippen LogP contribution in [0.1, 0.15) is 76.2 Å². The molecule has 2 aliphatic rings. The van der Waals surface area contributed by atoms with Crippen molar-refractivity contribution in [1.82, 2.24) is 20.5 Å². The standard InChI is InChI=1S/C34H47N5O7.H2OS.H2O.3H2/c1-7-9-10-11-12-25-27(16-20-15-22(45-6)13-14-24(20)36-25)46-23-17-26(29(40)38-34(31(35)42)18-21(34)8-2)39(19-23)30(41)28(33(3,4)5)37-32(43)44;1-2;;;;/h8,13-16,21,23,26,28,37H,2,7,9-12,17-19H2,1,3-6H3,(H2,35,42)(H,38,40)(H,43,44);1-2H;1H2;3*1H/t21-,23-,26+,28-,34-;;;;;/m1...../s1. The average molecular weight is 712 g/mol. The maximum Gasteiger partial charge on any atom is 0.405 e. The molecule has 1 aromatic heterocycles. The van der Waals surface area contributed by atoms with Crippen LogP contribution in [0.15, 0.2) is 36.9 Å². The van der Waals surface area contributed by atoms with Crippen molar-refractivity contribution in [3.05, 3.63) is 42.6 Å². The van der Waals surface area contributed by atoms with E-state index in [-0.39, 0.29) is 28.6 Å². The molecule has 8 N–H and O–H groups in total. The highest BCUT2D eigenvalue weighted by Crippen LogP contribution is 2.44. The van der Waals surface area contributed by atoms with E-state index in [4.69, 9.17) is 24.7 Å². The van der Waals surface area contributed by atoms with Crippen molar-refractivity contribution < 1.29 is 48.1 Å². The summed E-state index contributed by atoms with van der Waals surface area (Å²) in [4.78, 5) is 58.2. The number of amides is 4. The number of aromatic nitrogens is 1. The number of primary amides is 1. The molecule has 2 fully saturated rings. The lowest BCUT2D eigenvalue weighted by molar-refractivity contribution is -0.142. The predicted octanol–water partition coefficient (Wildman–Crippen LogP) is 4.25. The number of hydrogen-bond acceptors (Lipinski definition) is 9. The van der Waals surface area contributed by atoms with Gasteiger partial charge in [-0.05, 0) is 61.9 Å². The minimum absolute atomic E-state index is 0. The largest absolute Gasteiger partial charge is 0.497 e. The fraction of sp³-hybridized carbons (Fsp3) is 0.559. The second-order valence-corrected chi connectivity index (χ2v) is 13.4. The Balaban J connectivity index is 0. The number of nitrogens with one attached hydrogen (secondary N) is 2. The number of thiol groups is 1. The molecule has 5 atom stereocenters. The molecule has 1 saturated heterocycles. The lowest BCUT2D eigenvalue weighted by Gasteiger charge is -2.34. The van der Waals surface area contributed by atoms with E-state index in [2.05, 4.69) is 37.0 Å². The minimum Gasteiger partial charge on any atom is -0.497 e. The molecule has 0 unspecified atom stereocenters. The van der Waals surface area contributed by atoms with Crippen LogP contribution in [0.5, 0.6) is 11.5 Å². The molecule has 2 heterocycles. The Morgan fingerprint density at radius 1 is 1.22 bits per heavy atom. The first-order valence-corrected chi connectivity index (χ1v) is 16.5. The van der Waals surface area contributed by atoms with Gasteiger partial charge in [0.25, 0.3) is 0 Å². The summed E-state index contributed by atoms with van der Waals surface area (Å²) in [5, 5.41) is 15.5. The number of carbonyl (C=O) groups excluding carboxylic acids is 3. The summed E-state index contributed by atoms with van der Waals surface area (Å²) in [5.74, 6) is -0.906. The number of likely N-dealkylation sites (tertiary alicyclic amines) is 1. The van der Waals surface area contributed by atoms with Crippen molar-refractivity contribution >= 4 is 47.6 Å². The van der Waals surface area contributed by atoms with Gasteiger partial charge in [0, 0.05) is 22.0 Å². The van der Waals surface area contributed by atoms with Crippen LogP contribution >= 0.6 is 12.9 Å². The van der Waals surface area contributed by atoms with Crippen LogP contribution in [0.25, 0.3) is 10.9 Å². The Morgan fingerprint density at radius 3 is 2.47 bits per heavy atom. The maximum atomic E-state index is 14.0. The smallest absolute Gasteiger partial charge is 0.405 e. The third kappa shape index (κ3) is 9.76. The number of ether oxygens (including phenoxy) is 2. The van der Waals surface area contributed by atoms with E-state index in [1.807, 2.05) is 24.3 Å². The first kappa shape index (κ1) is 41.1. The quantitative estimate of drug-likeness (QED) is 0.0712. The van der Waals surface area contributed by atoms with E-state index in [1.54, 1.807) is 34.0 Å². The number of benzene rings is 1. The number of carbonyl (C=O) groups is 4. The van der Waals surface area contributed by atoms with E-state index in [1.165, 1.54) is 4.90 Å². The van der Waals surface area contributed by atoms with Gasteiger partial charge in [0.2, 0.25) is 17.7 Å². The molecular weight excluding hydrogens is 654 g/mol. The van der Waals surface area contributed by atoms with Crippen molar-refractivity contribution in [1.29, 1.82) is 0 Å². The van der Waals surface area contributed by atoms with Crippen LogP contribution in [-0.2, 0) is 20.8 Å². The first-order chi connectivity index (χ1) is 22.7. The van der Waals surface area contributed by atoms with E-state index in [0.29, 0.717) is 24.3 Å². The molecule has 15 heteroatoms. The number of unbranched alkanes of at least 4 members (excludes halogenated alkanes) is 3. The van der Waals surface area contributed by atoms with Crippen LogP contribution < -0.4 is 25.8 Å². The van der Waals surface area contributed by atoms with Crippen molar-refractivity contribution in [2.45, 2.75) is 96.4 Å². The maximum absolute atomic E-state index is 14.0. The van der Waals surface area contributed by atoms with Gasteiger partial charge in [-0.25, -0.2) is 9.78 Å². The summed E-state index contributed by atoms with van der Waals surface area (Å²) in [7, 11) is 1.59. The molecule has 0 radical (unpaired) electrons. The van der Waals surface area contributed by atoms with Crippen LogP contribution in [0.3, 0.4) is 0 Å². The Bertz CT molecular complexity index is 1520. The number of carboxylic acid groups (broad SMARTS) is 1. The third-order valence-corrected chi connectivity index (χ3v) is 8.94. The summed E-state index contributed by atoms with van der Waals surface area (Å²) in [6.45, 7) is 11.1. The fourth-order valence-corrected chi connectivity index (χ4v) is 6.16. The lowest BCUT2D eigenvalue weighted by Crippen LogP contribution is -2.59. The number of methoxy groups -OCH3 is 1. The molecule has 1 saturated carbocycles. The van der Waals surface area contributed by atoms with Gasteiger partial charge in [0.15, 0.2) is 0 Å². The van der Waals surface area contributed by atoms with Crippen LogP contribution in [-0.4, -0.2) is 86.2 Å². The highest BCUT2D eigenvalue weighted by molar-refractivity contribution is 7.74. The second-order valence-electron chi connectivity index (χ2n) is 13.4. The zero-order chi connectivity index (χ0) is 35.8. The fourth-order valence-electron chi connectivity index (χ4n) is 6.16. The van der Waals surface area contributed by atoms with Gasteiger partial charge in [-0.2, -0.15) is 0 Å². The molecule has 4 amide bonds. The normalized spacial score (nSPS) is 21.7. The number of nitrogens with zero attached hydrogens (tertiary/aromatic N) is 2. The Hall–Kier alpha value is -4.08. The number of rotatable bonds is 14. The van der Waals surface area contributed by atoms with Crippen molar-refractivity contribution in [2.24, 2.45) is 17.1 Å². The monoisotopic (exact) mass is 711 g/mol. The number of pyridine rings is 1. The topological polar surface area (TPSA) is 225 Å². The van der Waals surface area contributed by atoms with Gasteiger partial charge in [0.1, 0.15) is 35.2 Å². The van der Waals surface area contributed by atoms with E-state index in [0.717, 1.165) is 42.3 Å². The van der Waals surface area contributed by atoms with Gasteiger partial charge in [0.05, 0.1) is 24.9 Å². The Morgan fingerprint density at radius 2 is 1.92 bits per heavy atom. The summed E-state index contributed by atoms with van der Waals surface area (Å²) in [6, 6.07) is 5.35. The molecule has 1 aliphatic carbocycles. The number of fused-ring (bicyclic) bond motifs is 1. The first-order valence-electron chi connectivity index (χ1n) is 16.1. The number of aryl methyl sites for hydroxylation is 1. The average Bonchev–Trinajstić information content (AvgIpc) is 3.61. The summed E-state index contributed by atoms with van der Waals surface area (Å²) in [6.07, 6.45) is 4.89. The highest BCUT2D eigenvalue weighted by atomic mass is 32.1. The predicted molar refractivity (Wildman–Crippen MR) is 195 cm³/mol. The Kier molecular flexibility index (Phi) is 14.7. The van der Waals surface area contributed by atoms with Crippen molar-refractivity contribution in [3.8, 4) is 11.5 Å². The Labute approximate surface area is 297 Å². The zero-order valence-electron chi connectivity index (χ0n) is 28.8. The molecular formula is C34H57N5O9S. The van der Waals surface area contributed by atoms with Gasteiger partial charge >= 0.3 is 6.09 Å². The van der Waals surface area contributed by atoms with E-state index < -0.39 is 53.0 Å². The molecule has 0 spiro atoms. The lowest BCUT2D eigenvalue weighted by atomic mass is 9.85. The van der Waals surface area contributed by atoms with Gasteiger partial charge in [-0.3, -0.25) is 14.4 Å². The van der Waals surface area contributed by atoms with Crippen LogP contribution in [0, 0.1) is 11.3 Å². The molecule has 278 valence electrons. The van der Waals surface area contributed by atoms with Crippen LogP contribution in [0.4, 0.5) is 4.79 Å². The van der Waals surface area contributed by atoms with E-state index in [9.17, 15) is 24.3 Å². The van der Waals surface area contributed by atoms with Gasteiger partial charge < -0.3 is 45.9 Å². The highest BCUT2D eigenvalue weighted by Gasteiger charge is 2.60. The van der Waals surface area contributed by atoms with Crippen molar-refractivity contribution in [3.63, 3.8) is 0 Å². The molecule has 0 bridgehead atoms. The minimum atomic E-state index is -1.36. The SMILES string of the molecule is C=C[C@@H]1C[C@]1(NC(=O)[C@@H]1C[C@@H](Oc2cc3cc(OC)ccc3nc2CCCCCC)CN1C(=O)[C@@H](NC(=O)O)C(C)(C)C)C(N)=O.O.OS.[HH].[HH].[HH]. The summed E-state index contributed by atoms with van der Waals surface area (Å²) in [5.41, 5.74) is 5.17. The molecule has 1 aliphatic heterocycles. The number of hydrogen-bond donors (Lipinski definition) is 6. The van der Waals surface area contributed by atoms with Gasteiger partial charge in [-0.1, -0.05) is 53.0 Å². The molecule has 2 aromatic rings. The molecule has 49 heavy (non-hydrogen) atoms. The number of nitrogens with two attached hydrogens (primary N) is 1. The van der Waals surface area contributed by atoms with Crippen LogP contribution in [0.2, 0.25) is 0 Å². The second kappa shape index (κ2) is 17.5. The summed E-state index contributed by atoms with van der Waals surface area (Å²) < 4.78 is 18.7. The van der Waals surface area contributed by atoms with Gasteiger partial charge in [-0.15, -0.1) is 6.58 Å². The third-order valence-electron chi connectivity index (χ3n) is 8.94. The summed E-state index contributed by atoms with van der Waals surface area (Å²) >= 11 is 2.53. The zero-order valence-corrected chi connectivity index (χ0v) is 29.7.